The molecule has 40 heavy (non-hydrogen) atoms. The van der Waals surface area contributed by atoms with E-state index in [4.69, 9.17) is 4.74 Å². The summed E-state index contributed by atoms with van der Waals surface area (Å²) in [7, 11) is 0. The molecule has 10 heteroatoms. The summed E-state index contributed by atoms with van der Waals surface area (Å²) in [6.45, 7) is 3.61. The van der Waals surface area contributed by atoms with Crippen molar-refractivity contribution < 1.29 is 18.3 Å². The smallest absolute Gasteiger partial charge is 0.319 e. The Morgan fingerprint density at radius 2 is 1.90 bits per heavy atom. The molecule has 1 atom stereocenters. The number of nitrogens with zero attached hydrogens (tertiary/aromatic N) is 4. The van der Waals surface area contributed by atoms with Crippen LogP contribution in [0, 0.1) is 17.6 Å². The van der Waals surface area contributed by atoms with Crippen molar-refractivity contribution >= 4 is 33.4 Å². The van der Waals surface area contributed by atoms with Gasteiger partial charge in [-0.3, -0.25) is 14.7 Å². The molecule has 1 amide bonds. The van der Waals surface area contributed by atoms with Crippen molar-refractivity contribution in [2.24, 2.45) is 5.92 Å². The van der Waals surface area contributed by atoms with Gasteiger partial charge in [-0.25, -0.2) is 8.78 Å². The number of ether oxygens (including phenoxy) is 1. The molecule has 3 aliphatic rings. The van der Waals surface area contributed by atoms with E-state index in [2.05, 4.69) is 30.5 Å². The average Bonchev–Trinajstić information content (AvgIpc) is 3.67. The molecule has 4 aromatic rings. The van der Waals surface area contributed by atoms with Gasteiger partial charge in [-0.15, -0.1) is 0 Å². The second-order valence-electron chi connectivity index (χ2n) is 11.1. The van der Waals surface area contributed by atoms with Gasteiger partial charge in [0, 0.05) is 42.6 Å². The molecular weight excluding hydrogens is 514 g/mol. The van der Waals surface area contributed by atoms with E-state index < -0.39 is 11.6 Å². The molecular formula is C30H30F2N6O2. The maximum absolute atomic E-state index is 16.3. The van der Waals surface area contributed by atoms with Crippen molar-refractivity contribution in [3.05, 3.63) is 54.2 Å². The highest BCUT2D eigenvalue weighted by molar-refractivity contribution is 5.99. The number of aromatic nitrogens is 3. The number of amides is 1. The molecule has 2 aromatic carbocycles. The summed E-state index contributed by atoms with van der Waals surface area (Å²) in [4.78, 5) is 27.7. The topological polar surface area (TPSA) is 92.3 Å². The van der Waals surface area contributed by atoms with Crippen molar-refractivity contribution in [2.75, 3.05) is 38.1 Å². The van der Waals surface area contributed by atoms with E-state index in [9.17, 15) is 9.18 Å². The molecule has 206 valence electrons. The van der Waals surface area contributed by atoms with E-state index in [0.29, 0.717) is 53.7 Å². The highest BCUT2D eigenvalue weighted by atomic mass is 19.1. The molecule has 0 aliphatic carbocycles. The third kappa shape index (κ3) is 4.30. The van der Waals surface area contributed by atoms with Gasteiger partial charge in [0.25, 0.3) is 0 Å². The van der Waals surface area contributed by atoms with E-state index in [1.54, 1.807) is 30.3 Å². The second kappa shape index (κ2) is 9.92. The number of fused-ring (bicyclic) bond motifs is 3. The number of pyridine rings is 1. The maximum Gasteiger partial charge on any atom is 0.319 e. The van der Waals surface area contributed by atoms with Gasteiger partial charge >= 0.3 is 6.01 Å². The number of hydrogen-bond acceptors (Lipinski definition) is 7. The zero-order valence-corrected chi connectivity index (χ0v) is 22.1. The van der Waals surface area contributed by atoms with Crippen LogP contribution in [-0.2, 0) is 4.79 Å². The molecule has 0 spiro atoms. The average molecular weight is 545 g/mol. The van der Waals surface area contributed by atoms with Crippen molar-refractivity contribution in [3.63, 3.8) is 0 Å². The lowest BCUT2D eigenvalue weighted by Gasteiger charge is -2.31. The highest BCUT2D eigenvalue weighted by Gasteiger charge is 2.45. The van der Waals surface area contributed by atoms with Gasteiger partial charge in [-0.1, -0.05) is 30.3 Å². The van der Waals surface area contributed by atoms with E-state index in [1.165, 1.54) is 12.3 Å². The van der Waals surface area contributed by atoms with E-state index in [1.807, 2.05) is 0 Å². The molecule has 3 aliphatic heterocycles. The number of carbonyl (C=O) groups excluding carboxylic acids is 1. The molecule has 8 nitrogen and oxygen atoms in total. The first-order valence-electron chi connectivity index (χ1n) is 13.9. The van der Waals surface area contributed by atoms with Crippen LogP contribution in [0.5, 0.6) is 6.01 Å². The molecule has 5 heterocycles. The summed E-state index contributed by atoms with van der Waals surface area (Å²) in [6, 6.07) is 10.1. The third-order valence-electron chi connectivity index (χ3n) is 8.67. The van der Waals surface area contributed by atoms with Crippen LogP contribution in [0.1, 0.15) is 32.1 Å². The molecule has 0 bridgehead atoms. The predicted molar refractivity (Wildman–Crippen MR) is 148 cm³/mol. The normalized spacial score (nSPS) is 20.2. The lowest BCUT2D eigenvalue weighted by Crippen LogP contribution is -2.43. The minimum atomic E-state index is -0.664. The van der Waals surface area contributed by atoms with Crippen molar-refractivity contribution in [1.29, 1.82) is 0 Å². The van der Waals surface area contributed by atoms with E-state index in [-0.39, 0.29) is 34.6 Å². The summed E-state index contributed by atoms with van der Waals surface area (Å²) in [5, 5.41) is 7.48. The second-order valence-corrected chi connectivity index (χ2v) is 11.1. The highest BCUT2D eigenvalue weighted by Crippen LogP contribution is 2.39. The zero-order valence-electron chi connectivity index (χ0n) is 22.1. The first-order chi connectivity index (χ1) is 19.5. The minimum Gasteiger partial charge on any atom is -0.461 e. The maximum atomic E-state index is 16.3. The lowest BCUT2D eigenvalue weighted by molar-refractivity contribution is -0.119. The Kier molecular flexibility index (Phi) is 6.22. The number of halogens is 2. The van der Waals surface area contributed by atoms with E-state index >= 15 is 4.39 Å². The van der Waals surface area contributed by atoms with Gasteiger partial charge in [0.1, 0.15) is 29.5 Å². The number of nitrogens with one attached hydrogen (secondary N) is 2. The SMILES string of the molecule is O=C1CC(CNc2nc(OCC34CCCN3CCC4)nc3c(F)c(-c4cccc5cccc(F)c45)ncc23)CN1. The Bertz CT molecular complexity index is 1610. The van der Waals surface area contributed by atoms with E-state index in [0.717, 1.165) is 38.8 Å². The van der Waals surface area contributed by atoms with Gasteiger partial charge in [-0.05, 0) is 50.2 Å². The number of anilines is 1. The van der Waals surface area contributed by atoms with Gasteiger partial charge in [0.05, 0.1) is 10.9 Å². The van der Waals surface area contributed by atoms with Crippen molar-refractivity contribution in [2.45, 2.75) is 37.6 Å². The Morgan fingerprint density at radius 3 is 2.67 bits per heavy atom. The standard InChI is InChI=1S/C30H30F2N6O2/c31-22-8-2-6-19-5-1-7-20(24(19)22)26-25(32)27-21(16-34-26)28(35-15-18-13-23(39)33-14-18)37-29(36-27)40-17-30-9-3-11-38(30)12-4-10-30/h1-2,5-8,16,18H,3-4,9-15,17H2,(H,33,39)(H,35,36,37). The van der Waals surface area contributed by atoms with Crippen LogP contribution in [0.4, 0.5) is 14.6 Å². The molecule has 3 fully saturated rings. The summed E-state index contributed by atoms with van der Waals surface area (Å²) < 4.78 is 37.4. The van der Waals surface area contributed by atoms with Crippen LogP contribution in [0.3, 0.4) is 0 Å². The van der Waals surface area contributed by atoms with Crippen molar-refractivity contribution in [3.8, 4) is 17.3 Å². The molecule has 3 saturated heterocycles. The lowest BCUT2D eigenvalue weighted by atomic mass is 9.95. The Morgan fingerprint density at radius 1 is 1.10 bits per heavy atom. The fourth-order valence-corrected chi connectivity index (χ4v) is 6.63. The van der Waals surface area contributed by atoms with Crippen LogP contribution in [0.25, 0.3) is 32.9 Å². The number of hydrogen-bond donors (Lipinski definition) is 2. The van der Waals surface area contributed by atoms with Crippen LogP contribution >= 0.6 is 0 Å². The van der Waals surface area contributed by atoms with Gasteiger partial charge < -0.3 is 15.4 Å². The summed E-state index contributed by atoms with van der Waals surface area (Å²) >= 11 is 0. The molecule has 2 aromatic heterocycles. The van der Waals surface area contributed by atoms with Gasteiger partial charge in [-0.2, -0.15) is 9.97 Å². The third-order valence-corrected chi connectivity index (χ3v) is 8.67. The number of carbonyl (C=O) groups is 1. The molecule has 2 N–H and O–H groups in total. The Balaban J connectivity index is 1.29. The fourth-order valence-electron chi connectivity index (χ4n) is 6.63. The fraction of sp³-hybridized carbons (Fsp3) is 0.400. The Labute approximate surface area is 230 Å². The van der Waals surface area contributed by atoms with Crippen LogP contribution in [-0.4, -0.2) is 64.1 Å². The molecule has 1 unspecified atom stereocenters. The molecule has 0 saturated carbocycles. The summed E-state index contributed by atoms with van der Waals surface area (Å²) in [6.07, 6.45) is 6.32. The summed E-state index contributed by atoms with van der Waals surface area (Å²) in [5.74, 6) is -0.612. The largest absolute Gasteiger partial charge is 0.461 e. The van der Waals surface area contributed by atoms with Crippen LogP contribution in [0.2, 0.25) is 0 Å². The quantitative estimate of drug-likeness (QED) is 0.349. The van der Waals surface area contributed by atoms with Crippen LogP contribution in [0.15, 0.2) is 42.6 Å². The number of benzene rings is 2. The monoisotopic (exact) mass is 544 g/mol. The molecule has 7 rings (SSSR count). The molecule has 0 radical (unpaired) electrons. The van der Waals surface area contributed by atoms with Gasteiger partial charge in [0.2, 0.25) is 5.91 Å². The van der Waals surface area contributed by atoms with Crippen LogP contribution < -0.4 is 15.4 Å². The first kappa shape index (κ1) is 25.1. The first-order valence-corrected chi connectivity index (χ1v) is 13.9. The van der Waals surface area contributed by atoms with Gasteiger partial charge in [0.15, 0.2) is 5.82 Å². The van der Waals surface area contributed by atoms with Crippen molar-refractivity contribution in [1.82, 2.24) is 25.2 Å². The number of rotatable bonds is 7. The Hall–Kier alpha value is -3.92. The summed E-state index contributed by atoms with van der Waals surface area (Å²) in [5.41, 5.74) is 0.400. The minimum absolute atomic E-state index is 0.0139. The predicted octanol–water partition coefficient (Wildman–Crippen LogP) is 4.68. The zero-order chi connectivity index (χ0) is 27.3.